The van der Waals surface area contributed by atoms with E-state index in [1.54, 1.807) is 17.4 Å². The number of aromatic nitrogens is 5. The molecule has 0 fully saturated rings. The van der Waals surface area contributed by atoms with Crippen LogP contribution in [0.2, 0.25) is 0 Å². The fourth-order valence-electron chi connectivity index (χ4n) is 2.44. The second-order valence-electron chi connectivity index (χ2n) is 5.24. The lowest BCUT2D eigenvalue weighted by molar-refractivity contribution is 0.0954. The average molecular weight is 342 g/mol. The molecule has 0 spiro atoms. The standard InChI is InChI=1S/C16H18N6OS/c1-3-13-11(2)24-15(19-13)8-9-17-16(23)12-6-4-5-7-14(12)22-10-18-20-21-22/h4-7,10H,3,8-9H2,1-2H3,(H,17,23). The Kier molecular flexibility index (Phi) is 4.95. The van der Waals surface area contributed by atoms with Gasteiger partial charge in [0.25, 0.3) is 5.91 Å². The fourth-order valence-corrected chi connectivity index (χ4v) is 3.46. The summed E-state index contributed by atoms with van der Waals surface area (Å²) in [4.78, 5) is 18.3. The van der Waals surface area contributed by atoms with Gasteiger partial charge in [0.1, 0.15) is 6.33 Å². The number of amides is 1. The lowest BCUT2D eigenvalue weighted by Crippen LogP contribution is -2.26. The highest BCUT2D eigenvalue weighted by Gasteiger charge is 2.13. The molecule has 0 saturated heterocycles. The Morgan fingerprint density at radius 3 is 2.88 bits per heavy atom. The number of nitrogens with one attached hydrogen (secondary N) is 1. The number of para-hydroxylation sites is 1. The molecule has 24 heavy (non-hydrogen) atoms. The van der Waals surface area contributed by atoms with Crippen LogP contribution in [0.5, 0.6) is 0 Å². The minimum absolute atomic E-state index is 0.148. The van der Waals surface area contributed by atoms with Gasteiger partial charge in [-0.15, -0.1) is 16.4 Å². The summed E-state index contributed by atoms with van der Waals surface area (Å²) < 4.78 is 1.48. The second kappa shape index (κ2) is 7.31. The van der Waals surface area contributed by atoms with Gasteiger partial charge in [-0.3, -0.25) is 4.79 Å². The number of hydrogen-bond acceptors (Lipinski definition) is 6. The third-order valence-electron chi connectivity index (χ3n) is 3.64. The molecule has 0 radical (unpaired) electrons. The van der Waals surface area contributed by atoms with Crippen molar-refractivity contribution in [2.45, 2.75) is 26.7 Å². The van der Waals surface area contributed by atoms with E-state index in [1.807, 2.05) is 18.2 Å². The van der Waals surface area contributed by atoms with E-state index in [0.29, 0.717) is 17.8 Å². The van der Waals surface area contributed by atoms with Crippen molar-refractivity contribution in [3.05, 3.63) is 51.7 Å². The van der Waals surface area contributed by atoms with E-state index in [1.165, 1.54) is 15.9 Å². The summed E-state index contributed by atoms with van der Waals surface area (Å²) in [6, 6.07) is 7.23. The largest absolute Gasteiger partial charge is 0.352 e. The highest BCUT2D eigenvalue weighted by atomic mass is 32.1. The molecule has 2 heterocycles. The Bertz CT molecular complexity index is 827. The number of aryl methyl sites for hydroxylation is 2. The molecule has 1 aromatic carbocycles. The Morgan fingerprint density at radius 1 is 1.33 bits per heavy atom. The molecule has 1 N–H and O–H groups in total. The molecule has 0 aliphatic carbocycles. The molecular formula is C16H18N6OS. The van der Waals surface area contributed by atoms with Crippen LogP contribution in [-0.4, -0.2) is 37.6 Å². The molecule has 0 saturated carbocycles. The topological polar surface area (TPSA) is 85.6 Å². The molecule has 3 aromatic rings. The molecule has 1 amide bonds. The van der Waals surface area contributed by atoms with Gasteiger partial charge in [0.05, 0.1) is 22.0 Å². The SMILES string of the molecule is CCc1nc(CCNC(=O)c2ccccc2-n2cnnn2)sc1C. The van der Waals surface area contributed by atoms with Crippen LogP contribution in [0.25, 0.3) is 5.69 Å². The maximum absolute atomic E-state index is 12.5. The third kappa shape index (κ3) is 3.48. The first kappa shape index (κ1) is 16.3. The van der Waals surface area contributed by atoms with E-state index in [-0.39, 0.29) is 5.91 Å². The first-order chi connectivity index (χ1) is 11.7. The quantitative estimate of drug-likeness (QED) is 0.740. The predicted molar refractivity (Wildman–Crippen MR) is 91.4 cm³/mol. The molecule has 0 aliphatic rings. The van der Waals surface area contributed by atoms with E-state index < -0.39 is 0 Å². The molecule has 2 aromatic heterocycles. The molecule has 8 heteroatoms. The first-order valence-electron chi connectivity index (χ1n) is 7.74. The smallest absolute Gasteiger partial charge is 0.253 e. The van der Waals surface area contributed by atoms with Gasteiger partial charge in [0, 0.05) is 17.8 Å². The van der Waals surface area contributed by atoms with Crippen LogP contribution in [0.3, 0.4) is 0 Å². The van der Waals surface area contributed by atoms with Gasteiger partial charge in [-0.1, -0.05) is 19.1 Å². The van der Waals surface area contributed by atoms with Gasteiger partial charge in [-0.25, -0.2) is 4.98 Å². The highest BCUT2D eigenvalue weighted by Crippen LogP contribution is 2.18. The van der Waals surface area contributed by atoms with E-state index in [9.17, 15) is 4.79 Å². The summed E-state index contributed by atoms with van der Waals surface area (Å²) in [5.41, 5.74) is 2.33. The minimum atomic E-state index is -0.148. The van der Waals surface area contributed by atoms with Crippen LogP contribution in [0.4, 0.5) is 0 Å². The molecule has 7 nitrogen and oxygen atoms in total. The van der Waals surface area contributed by atoms with Crippen LogP contribution in [-0.2, 0) is 12.8 Å². The predicted octanol–water partition coefficient (Wildman–Crippen LogP) is 1.96. The summed E-state index contributed by atoms with van der Waals surface area (Å²) in [5.74, 6) is -0.148. The number of rotatable bonds is 6. The average Bonchev–Trinajstić information content (AvgIpc) is 3.24. The van der Waals surface area contributed by atoms with Gasteiger partial charge < -0.3 is 5.32 Å². The minimum Gasteiger partial charge on any atom is -0.352 e. The molecule has 0 unspecified atom stereocenters. The maximum Gasteiger partial charge on any atom is 0.253 e. The molecule has 0 aliphatic heterocycles. The van der Waals surface area contributed by atoms with Gasteiger partial charge in [0.2, 0.25) is 0 Å². The van der Waals surface area contributed by atoms with E-state index in [0.717, 1.165) is 23.5 Å². The Hall–Kier alpha value is -2.61. The highest BCUT2D eigenvalue weighted by molar-refractivity contribution is 7.11. The Morgan fingerprint density at radius 2 is 2.17 bits per heavy atom. The van der Waals surface area contributed by atoms with Gasteiger partial charge in [-0.05, 0) is 35.9 Å². The Labute approximate surface area is 143 Å². The number of thiazole rings is 1. The van der Waals surface area contributed by atoms with E-state index in [4.69, 9.17) is 0 Å². The summed E-state index contributed by atoms with van der Waals surface area (Å²) in [5, 5.41) is 15.1. The summed E-state index contributed by atoms with van der Waals surface area (Å²) in [6.45, 7) is 4.73. The van der Waals surface area contributed by atoms with Gasteiger partial charge >= 0.3 is 0 Å². The van der Waals surface area contributed by atoms with Crippen LogP contribution in [0.15, 0.2) is 30.6 Å². The fraction of sp³-hybridized carbons (Fsp3) is 0.312. The van der Waals surface area contributed by atoms with Crippen molar-refractivity contribution in [2.75, 3.05) is 6.54 Å². The zero-order valence-corrected chi connectivity index (χ0v) is 14.4. The number of tetrazole rings is 1. The van der Waals surface area contributed by atoms with Crippen molar-refractivity contribution in [1.82, 2.24) is 30.5 Å². The summed E-state index contributed by atoms with van der Waals surface area (Å²) in [6.07, 6.45) is 3.13. The van der Waals surface area contributed by atoms with E-state index in [2.05, 4.69) is 39.7 Å². The van der Waals surface area contributed by atoms with Crippen molar-refractivity contribution >= 4 is 17.2 Å². The second-order valence-corrected chi connectivity index (χ2v) is 6.53. The van der Waals surface area contributed by atoms with Crippen LogP contribution < -0.4 is 5.32 Å². The van der Waals surface area contributed by atoms with Crippen molar-refractivity contribution in [2.24, 2.45) is 0 Å². The molecular weight excluding hydrogens is 324 g/mol. The lowest BCUT2D eigenvalue weighted by atomic mass is 10.1. The Balaban J connectivity index is 1.65. The maximum atomic E-state index is 12.5. The zero-order valence-electron chi connectivity index (χ0n) is 13.6. The first-order valence-corrected chi connectivity index (χ1v) is 8.56. The molecule has 0 bridgehead atoms. The summed E-state index contributed by atoms with van der Waals surface area (Å²) in [7, 11) is 0. The lowest BCUT2D eigenvalue weighted by Gasteiger charge is -2.08. The van der Waals surface area contributed by atoms with Crippen molar-refractivity contribution in [3.63, 3.8) is 0 Å². The van der Waals surface area contributed by atoms with Crippen LogP contribution >= 0.6 is 11.3 Å². The van der Waals surface area contributed by atoms with Crippen molar-refractivity contribution < 1.29 is 4.79 Å². The van der Waals surface area contributed by atoms with Crippen LogP contribution in [0, 0.1) is 6.92 Å². The number of nitrogens with zero attached hydrogens (tertiary/aromatic N) is 5. The van der Waals surface area contributed by atoms with E-state index >= 15 is 0 Å². The normalized spacial score (nSPS) is 10.8. The summed E-state index contributed by atoms with van der Waals surface area (Å²) >= 11 is 1.69. The van der Waals surface area contributed by atoms with Crippen molar-refractivity contribution in [3.8, 4) is 5.69 Å². The number of benzene rings is 1. The van der Waals surface area contributed by atoms with Gasteiger partial charge in [0.15, 0.2) is 0 Å². The van der Waals surface area contributed by atoms with Gasteiger partial charge in [-0.2, -0.15) is 4.68 Å². The third-order valence-corrected chi connectivity index (χ3v) is 4.71. The van der Waals surface area contributed by atoms with Crippen molar-refractivity contribution in [1.29, 1.82) is 0 Å². The number of carbonyl (C=O) groups excluding carboxylic acids is 1. The van der Waals surface area contributed by atoms with Crippen LogP contribution in [0.1, 0.15) is 32.9 Å². The molecule has 0 atom stereocenters. The number of hydrogen-bond donors (Lipinski definition) is 1. The molecule has 124 valence electrons. The monoisotopic (exact) mass is 342 g/mol. The molecule has 3 rings (SSSR count). The number of carbonyl (C=O) groups is 1. The zero-order chi connectivity index (χ0) is 16.9.